The molecule has 1 N–H and O–H groups in total. The zero-order chi connectivity index (χ0) is 22.1. The summed E-state index contributed by atoms with van der Waals surface area (Å²) >= 11 is 1.69. The highest BCUT2D eigenvalue weighted by Gasteiger charge is 2.27. The highest BCUT2D eigenvalue weighted by molar-refractivity contribution is 7.99. The van der Waals surface area contributed by atoms with Crippen molar-refractivity contribution in [1.82, 2.24) is 10.2 Å². The molecule has 2 aromatic rings. The lowest BCUT2D eigenvalue weighted by Crippen LogP contribution is -2.50. The Bertz CT molecular complexity index is 832. The zero-order valence-corrected chi connectivity index (χ0v) is 19.5. The van der Waals surface area contributed by atoms with Crippen molar-refractivity contribution in [3.8, 4) is 0 Å². The van der Waals surface area contributed by atoms with E-state index in [-0.39, 0.29) is 17.9 Å². The predicted octanol–water partition coefficient (Wildman–Crippen LogP) is 5.00. The van der Waals surface area contributed by atoms with Crippen molar-refractivity contribution < 1.29 is 9.59 Å². The van der Waals surface area contributed by atoms with Crippen LogP contribution in [0, 0.1) is 6.92 Å². The lowest BCUT2D eigenvalue weighted by Gasteiger charge is -2.29. The molecule has 4 nitrogen and oxygen atoms in total. The third-order valence-electron chi connectivity index (χ3n) is 5.96. The van der Waals surface area contributed by atoms with Crippen molar-refractivity contribution >= 4 is 23.6 Å². The van der Waals surface area contributed by atoms with Crippen molar-refractivity contribution in [2.45, 2.75) is 69.4 Å². The van der Waals surface area contributed by atoms with E-state index in [0.717, 1.165) is 19.3 Å². The van der Waals surface area contributed by atoms with Gasteiger partial charge in [-0.05, 0) is 50.8 Å². The first-order valence-corrected chi connectivity index (χ1v) is 12.3. The molecule has 0 saturated heterocycles. The molecule has 0 bridgehead atoms. The van der Waals surface area contributed by atoms with Gasteiger partial charge >= 0.3 is 0 Å². The molecule has 1 saturated carbocycles. The SMILES string of the molecule is Cc1ccc(SCCC(=O)N(CCc2ccccc2)[C@@H](C)C(=O)NC2CCCC2)cc1. The van der Waals surface area contributed by atoms with Crippen LogP contribution >= 0.6 is 11.8 Å². The number of rotatable bonds is 10. The second-order valence-corrected chi connectivity index (χ2v) is 9.57. The van der Waals surface area contributed by atoms with Gasteiger partial charge in [0.2, 0.25) is 11.8 Å². The van der Waals surface area contributed by atoms with Crippen LogP contribution < -0.4 is 5.32 Å². The number of aryl methyl sites for hydroxylation is 1. The average molecular weight is 439 g/mol. The number of carbonyl (C=O) groups is 2. The topological polar surface area (TPSA) is 49.4 Å². The Morgan fingerprint density at radius 3 is 2.42 bits per heavy atom. The summed E-state index contributed by atoms with van der Waals surface area (Å²) in [4.78, 5) is 28.9. The van der Waals surface area contributed by atoms with Crippen molar-refractivity contribution in [2.24, 2.45) is 0 Å². The molecular weight excluding hydrogens is 404 g/mol. The van der Waals surface area contributed by atoms with Crippen molar-refractivity contribution in [2.75, 3.05) is 12.3 Å². The van der Waals surface area contributed by atoms with E-state index in [1.807, 2.05) is 25.1 Å². The minimum atomic E-state index is -0.457. The number of hydrogen-bond donors (Lipinski definition) is 1. The molecule has 1 atom stereocenters. The largest absolute Gasteiger partial charge is 0.352 e. The molecule has 31 heavy (non-hydrogen) atoms. The van der Waals surface area contributed by atoms with Gasteiger partial charge in [-0.15, -0.1) is 11.8 Å². The van der Waals surface area contributed by atoms with Gasteiger partial charge in [0.05, 0.1) is 0 Å². The van der Waals surface area contributed by atoms with E-state index >= 15 is 0 Å². The van der Waals surface area contributed by atoms with Gasteiger partial charge in [0.15, 0.2) is 0 Å². The van der Waals surface area contributed by atoms with E-state index < -0.39 is 6.04 Å². The minimum absolute atomic E-state index is 0.0282. The number of amides is 2. The van der Waals surface area contributed by atoms with Crippen LogP contribution in [-0.2, 0) is 16.0 Å². The third-order valence-corrected chi connectivity index (χ3v) is 6.97. The summed E-state index contributed by atoms with van der Waals surface area (Å²) in [5, 5.41) is 3.16. The number of carbonyl (C=O) groups excluding carboxylic acids is 2. The second-order valence-electron chi connectivity index (χ2n) is 8.40. The number of nitrogens with one attached hydrogen (secondary N) is 1. The molecule has 0 aliphatic heterocycles. The van der Waals surface area contributed by atoms with Crippen LogP contribution in [0.2, 0.25) is 0 Å². The first-order chi connectivity index (χ1) is 15.0. The molecule has 0 spiro atoms. The van der Waals surface area contributed by atoms with Gasteiger partial charge < -0.3 is 10.2 Å². The Balaban J connectivity index is 1.59. The maximum absolute atomic E-state index is 13.1. The number of nitrogens with zero attached hydrogens (tertiary/aromatic N) is 1. The quantitative estimate of drug-likeness (QED) is 0.531. The molecule has 2 aromatic carbocycles. The van der Waals surface area contributed by atoms with E-state index in [1.54, 1.807) is 16.7 Å². The molecular formula is C26H34N2O2S. The minimum Gasteiger partial charge on any atom is -0.352 e. The van der Waals surface area contributed by atoms with Gasteiger partial charge in [-0.3, -0.25) is 9.59 Å². The molecule has 5 heteroatoms. The van der Waals surface area contributed by atoms with Crippen molar-refractivity contribution in [3.05, 3.63) is 65.7 Å². The van der Waals surface area contributed by atoms with Crippen LogP contribution in [-0.4, -0.2) is 41.1 Å². The first-order valence-electron chi connectivity index (χ1n) is 11.4. The summed E-state index contributed by atoms with van der Waals surface area (Å²) in [6.07, 6.45) is 5.61. The van der Waals surface area contributed by atoms with Crippen LogP contribution in [0.25, 0.3) is 0 Å². The molecule has 166 valence electrons. The molecule has 0 aromatic heterocycles. The van der Waals surface area contributed by atoms with Crippen LogP contribution in [0.5, 0.6) is 0 Å². The lowest BCUT2D eigenvalue weighted by atomic mass is 10.1. The smallest absolute Gasteiger partial charge is 0.242 e. The van der Waals surface area contributed by atoms with E-state index in [2.05, 4.69) is 48.6 Å². The number of hydrogen-bond acceptors (Lipinski definition) is 3. The molecule has 1 fully saturated rings. The zero-order valence-electron chi connectivity index (χ0n) is 18.7. The Morgan fingerprint density at radius 2 is 1.74 bits per heavy atom. The van der Waals surface area contributed by atoms with E-state index in [0.29, 0.717) is 18.7 Å². The maximum Gasteiger partial charge on any atom is 0.242 e. The first kappa shape index (κ1) is 23.4. The van der Waals surface area contributed by atoms with Gasteiger partial charge in [-0.1, -0.05) is 60.9 Å². The fraction of sp³-hybridized carbons (Fsp3) is 0.462. The highest BCUT2D eigenvalue weighted by atomic mass is 32.2. The van der Waals surface area contributed by atoms with E-state index in [4.69, 9.17) is 0 Å². The normalized spacial score (nSPS) is 14.9. The van der Waals surface area contributed by atoms with E-state index in [1.165, 1.54) is 28.9 Å². The van der Waals surface area contributed by atoms with Gasteiger partial charge in [0.25, 0.3) is 0 Å². The molecule has 1 aliphatic carbocycles. The van der Waals surface area contributed by atoms with Gasteiger partial charge in [-0.2, -0.15) is 0 Å². The van der Waals surface area contributed by atoms with Crippen LogP contribution in [0.4, 0.5) is 0 Å². The van der Waals surface area contributed by atoms with Gasteiger partial charge in [-0.25, -0.2) is 0 Å². The summed E-state index contributed by atoms with van der Waals surface area (Å²) in [7, 11) is 0. The Morgan fingerprint density at radius 1 is 1.06 bits per heavy atom. The molecule has 3 rings (SSSR count). The summed E-state index contributed by atoms with van der Waals surface area (Å²) in [5.74, 6) is 0.727. The summed E-state index contributed by atoms with van der Waals surface area (Å²) in [6, 6.07) is 18.3. The van der Waals surface area contributed by atoms with Crippen LogP contribution in [0.1, 0.15) is 50.2 Å². The monoisotopic (exact) mass is 438 g/mol. The fourth-order valence-electron chi connectivity index (χ4n) is 4.00. The summed E-state index contributed by atoms with van der Waals surface area (Å²) in [6.45, 7) is 4.48. The van der Waals surface area contributed by atoms with Crippen LogP contribution in [0.15, 0.2) is 59.5 Å². The standard InChI is InChI=1S/C26H34N2O2S/c1-20-12-14-24(15-13-20)31-19-17-25(29)28(18-16-22-8-4-3-5-9-22)21(2)26(30)27-23-10-6-7-11-23/h3-5,8-9,12-15,21,23H,6-7,10-11,16-19H2,1-2H3,(H,27,30)/t21-/m0/s1. The maximum atomic E-state index is 13.1. The third kappa shape index (κ3) is 7.42. The average Bonchev–Trinajstić information content (AvgIpc) is 3.29. The summed E-state index contributed by atoms with van der Waals surface area (Å²) in [5.41, 5.74) is 2.41. The fourth-order valence-corrected chi connectivity index (χ4v) is 4.84. The Kier molecular flexibility index (Phi) is 9.01. The predicted molar refractivity (Wildman–Crippen MR) is 128 cm³/mol. The van der Waals surface area contributed by atoms with Gasteiger partial charge in [0.1, 0.15) is 6.04 Å². The van der Waals surface area contributed by atoms with Crippen molar-refractivity contribution in [3.63, 3.8) is 0 Å². The lowest BCUT2D eigenvalue weighted by molar-refractivity contribution is -0.139. The number of benzene rings is 2. The Labute approximate surface area is 190 Å². The van der Waals surface area contributed by atoms with Gasteiger partial charge in [0, 0.05) is 29.7 Å². The Hall–Kier alpha value is -2.27. The number of thioether (sulfide) groups is 1. The summed E-state index contributed by atoms with van der Waals surface area (Å²) < 4.78 is 0. The second kappa shape index (κ2) is 11.9. The molecule has 0 heterocycles. The molecule has 0 radical (unpaired) electrons. The van der Waals surface area contributed by atoms with Crippen molar-refractivity contribution in [1.29, 1.82) is 0 Å². The highest BCUT2D eigenvalue weighted by Crippen LogP contribution is 2.21. The van der Waals surface area contributed by atoms with Crippen LogP contribution in [0.3, 0.4) is 0 Å². The molecule has 0 unspecified atom stereocenters. The molecule has 1 aliphatic rings. The van der Waals surface area contributed by atoms with E-state index in [9.17, 15) is 9.59 Å². The molecule has 2 amide bonds.